The first kappa shape index (κ1) is 13.7. The number of halogens is 1. The van der Waals surface area contributed by atoms with Crippen molar-refractivity contribution in [1.82, 2.24) is 9.97 Å². The van der Waals surface area contributed by atoms with Crippen molar-refractivity contribution in [3.63, 3.8) is 0 Å². The van der Waals surface area contributed by atoms with Crippen LogP contribution in [0.2, 0.25) is 0 Å². The summed E-state index contributed by atoms with van der Waals surface area (Å²) in [7, 11) is 0. The van der Waals surface area contributed by atoms with E-state index < -0.39 is 0 Å². The highest BCUT2D eigenvalue weighted by molar-refractivity contribution is 9.10. The summed E-state index contributed by atoms with van der Waals surface area (Å²) < 4.78 is 6.78. The molecule has 0 atom stereocenters. The predicted octanol–water partition coefficient (Wildman–Crippen LogP) is 3.41. The zero-order valence-corrected chi connectivity index (χ0v) is 12.4. The minimum atomic E-state index is -0.333. The number of rotatable bonds is 3. The Morgan fingerprint density at radius 1 is 1.33 bits per heavy atom. The van der Waals surface area contributed by atoms with E-state index in [0.29, 0.717) is 12.4 Å². The van der Waals surface area contributed by atoms with Gasteiger partial charge < -0.3 is 10.5 Å². The van der Waals surface area contributed by atoms with E-state index in [1.807, 2.05) is 6.92 Å². The van der Waals surface area contributed by atoms with E-state index in [2.05, 4.69) is 25.9 Å². The average molecular weight is 314 g/mol. The highest BCUT2D eigenvalue weighted by atomic mass is 79.9. The van der Waals surface area contributed by atoms with Crippen LogP contribution in [0.25, 0.3) is 0 Å². The number of ether oxygens (including phenoxy) is 1. The van der Waals surface area contributed by atoms with Crippen LogP contribution >= 0.6 is 15.9 Å². The lowest BCUT2D eigenvalue weighted by Gasteiger charge is -2.31. The first-order chi connectivity index (χ1) is 8.68. The van der Waals surface area contributed by atoms with E-state index in [1.54, 1.807) is 6.20 Å². The second-order valence-corrected chi connectivity index (χ2v) is 5.62. The van der Waals surface area contributed by atoms with E-state index in [9.17, 15) is 0 Å². The molecular weight excluding hydrogens is 294 g/mol. The molecule has 4 nitrogen and oxygen atoms in total. The molecule has 0 saturated heterocycles. The molecular formula is C13H20BrN3O. The molecule has 0 spiro atoms. The topological polar surface area (TPSA) is 61.0 Å². The maximum Gasteiger partial charge on any atom is 0.162 e. The summed E-state index contributed by atoms with van der Waals surface area (Å²) in [5.41, 5.74) is 5.53. The van der Waals surface area contributed by atoms with Crippen LogP contribution in [0.5, 0.6) is 0 Å². The Balaban J connectivity index is 2.35. The summed E-state index contributed by atoms with van der Waals surface area (Å²) in [4.78, 5) is 8.86. The molecule has 1 saturated carbocycles. The smallest absolute Gasteiger partial charge is 0.162 e. The summed E-state index contributed by atoms with van der Waals surface area (Å²) >= 11 is 3.33. The molecule has 1 heterocycles. The van der Waals surface area contributed by atoms with Gasteiger partial charge in [-0.3, -0.25) is 0 Å². The van der Waals surface area contributed by atoms with Crippen molar-refractivity contribution < 1.29 is 4.74 Å². The van der Waals surface area contributed by atoms with Gasteiger partial charge in [0, 0.05) is 12.8 Å². The Morgan fingerprint density at radius 3 is 2.56 bits per heavy atom. The van der Waals surface area contributed by atoms with E-state index >= 15 is 0 Å². The minimum absolute atomic E-state index is 0.333. The van der Waals surface area contributed by atoms with Crippen LogP contribution in [0, 0.1) is 0 Å². The fraction of sp³-hybridized carbons (Fsp3) is 0.692. The van der Waals surface area contributed by atoms with Gasteiger partial charge in [0.2, 0.25) is 0 Å². The highest BCUT2D eigenvalue weighted by Crippen LogP contribution is 2.38. The molecule has 0 aromatic carbocycles. The van der Waals surface area contributed by atoms with Crippen LogP contribution in [0.1, 0.15) is 51.3 Å². The summed E-state index contributed by atoms with van der Waals surface area (Å²) in [5, 5.41) is 0. The lowest BCUT2D eigenvalue weighted by atomic mass is 9.93. The van der Waals surface area contributed by atoms with Crippen LogP contribution in [0.4, 0.5) is 5.82 Å². The van der Waals surface area contributed by atoms with Gasteiger partial charge in [0.1, 0.15) is 11.4 Å². The maximum atomic E-state index is 6.04. The van der Waals surface area contributed by atoms with Crippen LogP contribution in [0.3, 0.4) is 0 Å². The molecule has 1 aliphatic rings. The molecule has 0 unspecified atom stereocenters. The Labute approximate surface area is 116 Å². The van der Waals surface area contributed by atoms with Gasteiger partial charge in [-0.1, -0.05) is 25.7 Å². The van der Waals surface area contributed by atoms with Crippen molar-refractivity contribution in [2.45, 2.75) is 51.0 Å². The van der Waals surface area contributed by atoms with Gasteiger partial charge in [0.15, 0.2) is 5.82 Å². The lowest BCUT2D eigenvalue weighted by molar-refractivity contribution is -0.0623. The zero-order chi connectivity index (χ0) is 13.0. The van der Waals surface area contributed by atoms with Gasteiger partial charge in [-0.25, -0.2) is 9.97 Å². The molecule has 2 N–H and O–H groups in total. The number of hydrogen-bond donors (Lipinski definition) is 1. The van der Waals surface area contributed by atoms with Crippen LogP contribution in [0.15, 0.2) is 10.7 Å². The highest BCUT2D eigenvalue weighted by Gasteiger charge is 2.36. The van der Waals surface area contributed by atoms with E-state index in [4.69, 9.17) is 10.5 Å². The van der Waals surface area contributed by atoms with E-state index in [0.717, 1.165) is 23.1 Å². The van der Waals surface area contributed by atoms with Gasteiger partial charge in [0.05, 0.1) is 4.47 Å². The normalized spacial score (nSPS) is 19.4. The number of nitrogen functional groups attached to an aromatic ring is 1. The number of aromatic nitrogens is 2. The average Bonchev–Trinajstić information content (AvgIpc) is 2.60. The molecule has 1 fully saturated rings. The number of nitrogens with two attached hydrogens (primary N) is 1. The largest absolute Gasteiger partial charge is 0.383 e. The molecule has 1 aromatic rings. The number of nitrogens with zero attached hydrogens (tertiary/aromatic N) is 2. The van der Waals surface area contributed by atoms with Gasteiger partial charge in [-0.05, 0) is 35.7 Å². The standard InChI is InChI=1S/C13H20BrN3O/c1-2-18-13(7-5-3-4-6-8-13)12-16-9-10(14)11(15)17-12/h9H,2-8H2,1H3,(H2,15,16,17). The van der Waals surface area contributed by atoms with Gasteiger partial charge in [0.25, 0.3) is 0 Å². The number of anilines is 1. The second kappa shape index (κ2) is 5.97. The molecule has 2 rings (SSSR count). The third-order valence-corrected chi connectivity index (χ3v) is 4.12. The number of hydrogen-bond acceptors (Lipinski definition) is 4. The van der Waals surface area contributed by atoms with Crippen molar-refractivity contribution in [2.75, 3.05) is 12.3 Å². The van der Waals surface area contributed by atoms with Crippen molar-refractivity contribution in [2.24, 2.45) is 0 Å². The SMILES string of the molecule is CCOC1(c2ncc(Br)c(N)n2)CCCCCC1. The first-order valence-corrected chi connectivity index (χ1v) is 7.40. The maximum absolute atomic E-state index is 6.04. The van der Waals surface area contributed by atoms with Crippen LogP contribution in [-0.4, -0.2) is 16.6 Å². The fourth-order valence-corrected chi connectivity index (χ4v) is 2.80. The molecule has 18 heavy (non-hydrogen) atoms. The molecule has 0 amide bonds. The minimum Gasteiger partial charge on any atom is -0.383 e. The summed E-state index contributed by atoms with van der Waals surface area (Å²) in [6, 6.07) is 0. The van der Waals surface area contributed by atoms with Gasteiger partial charge in [-0.15, -0.1) is 0 Å². The Morgan fingerprint density at radius 2 is 2.00 bits per heavy atom. The third kappa shape index (κ3) is 2.83. The molecule has 0 aliphatic heterocycles. The fourth-order valence-electron chi connectivity index (χ4n) is 2.61. The van der Waals surface area contributed by atoms with Crippen LogP contribution in [-0.2, 0) is 10.3 Å². The Bertz CT molecular complexity index is 403. The van der Waals surface area contributed by atoms with Crippen LogP contribution < -0.4 is 5.73 Å². The Kier molecular flexibility index (Phi) is 4.56. The summed E-state index contributed by atoms with van der Waals surface area (Å²) in [6.45, 7) is 2.70. The molecule has 100 valence electrons. The van der Waals surface area contributed by atoms with Crippen molar-refractivity contribution >= 4 is 21.7 Å². The summed E-state index contributed by atoms with van der Waals surface area (Å²) in [5.74, 6) is 1.23. The molecule has 1 aliphatic carbocycles. The van der Waals surface area contributed by atoms with E-state index in [-0.39, 0.29) is 5.60 Å². The quantitative estimate of drug-likeness (QED) is 0.869. The second-order valence-electron chi connectivity index (χ2n) is 4.77. The molecule has 5 heteroatoms. The Hall–Kier alpha value is -0.680. The lowest BCUT2D eigenvalue weighted by Crippen LogP contribution is -2.32. The van der Waals surface area contributed by atoms with Crippen molar-refractivity contribution in [3.8, 4) is 0 Å². The summed E-state index contributed by atoms with van der Waals surface area (Å²) in [6.07, 6.45) is 8.56. The molecule has 1 aromatic heterocycles. The molecule has 0 radical (unpaired) electrons. The zero-order valence-electron chi connectivity index (χ0n) is 10.8. The first-order valence-electron chi connectivity index (χ1n) is 6.60. The predicted molar refractivity (Wildman–Crippen MR) is 75.2 cm³/mol. The van der Waals surface area contributed by atoms with Gasteiger partial charge >= 0.3 is 0 Å². The molecule has 0 bridgehead atoms. The van der Waals surface area contributed by atoms with Gasteiger partial charge in [-0.2, -0.15) is 0 Å². The van der Waals surface area contributed by atoms with E-state index in [1.165, 1.54) is 25.7 Å². The third-order valence-electron chi connectivity index (χ3n) is 3.51. The van der Waals surface area contributed by atoms with Crippen molar-refractivity contribution in [1.29, 1.82) is 0 Å². The van der Waals surface area contributed by atoms with Crippen molar-refractivity contribution in [3.05, 3.63) is 16.5 Å². The monoisotopic (exact) mass is 313 g/mol.